The number of carbonyl (C=O) groups is 2. The average Bonchev–Trinajstić information content (AvgIpc) is 2.82. The molecule has 0 amide bonds. The van der Waals surface area contributed by atoms with Crippen molar-refractivity contribution in [2.75, 3.05) is 27.7 Å². The molecule has 5 nitrogen and oxygen atoms in total. The van der Waals surface area contributed by atoms with E-state index in [1.807, 2.05) is 36.4 Å². The predicted octanol–water partition coefficient (Wildman–Crippen LogP) is 4.41. The molecular weight excluding hydrogens is 390 g/mol. The molecule has 0 bridgehead atoms. The second kappa shape index (κ2) is 12.9. The molecule has 168 valence electrons. The monoisotopic (exact) mass is 429 g/mol. The number of rotatable bonds is 14. The summed E-state index contributed by atoms with van der Waals surface area (Å²) in [6.45, 7) is -1.99. The number of carboxylic acids is 1. The summed E-state index contributed by atoms with van der Waals surface area (Å²) in [6.07, 6.45) is 2.97. The van der Waals surface area contributed by atoms with Crippen LogP contribution in [0.4, 0.5) is 0 Å². The number of aryl methyl sites for hydroxylation is 2. The molecule has 1 atom stereocenters. The quantitative estimate of drug-likeness (QED) is 0.482. The molecule has 0 spiro atoms. The normalized spacial score (nSPS) is 14.2. The third-order valence-corrected chi connectivity index (χ3v) is 5.33. The van der Waals surface area contributed by atoms with Gasteiger partial charge in [-0.3, -0.25) is 9.59 Å². The van der Waals surface area contributed by atoms with Crippen LogP contribution in [-0.4, -0.2) is 49.4 Å². The van der Waals surface area contributed by atoms with Crippen LogP contribution in [0.5, 0.6) is 5.75 Å². The van der Waals surface area contributed by atoms with Gasteiger partial charge in [-0.1, -0.05) is 36.4 Å². The van der Waals surface area contributed by atoms with Crippen molar-refractivity contribution in [1.29, 1.82) is 1.43 Å². The summed E-state index contributed by atoms with van der Waals surface area (Å²) in [5.74, 6) is -0.0610. The second-order valence-electron chi connectivity index (χ2n) is 8.04. The van der Waals surface area contributed by atoms with E-state index in [1.54, 1.807) is 14.2 Å². The van der Waals surface area contributed by atoms with E-state index in [0.29, 0.717) is 12.8 Å². The molecule has 0 aromatic heterocycles. The van der Waals surface area contributed by atoms with Gasteiger partial charge in [-0.2, -0.15) is 0 Å². The highest BCUT2D eigenvalue weighted by molar-refractivity contribution is 5.79. The van der Waals surface area contributed by atoms with Crippen LogP contribution in [0.2, 0.25) is 0 Å². The summed E-state index contributed by atoms with van der Waals surface area (Å²) in [6, 6.07) is 16.0. The molecule has 0 aliphatic heterocycles. The zero-order valence-corrected chi connectivity index (χ0v) is 18.4. The van der Waals surface area contributed by atoms with E-state index in [4.69, 9.17) is 10.3 Å². The lowest BCUT2D eigenvalue weighted by Crippen LogP contribution is -2.26. The molecule has 0 saturated heterocycles. The van der Waals surface area contributed by atoms with Crippen molar-refractivity contribution < 1.29 is 23.5 Å². The van der Waals surface area contributed by atoms with Crippen molar-refractivity contribution in [3.05, 3.63) is 65.2 Å². The highest BCUT2D eigenvalue weighted by Crippen LogP contribution is 2.21. The van der Waals surface area contributed by atoms with Crippen molar-refractivity contribution in [2.45, 2.75) is 44.9 Å². The van der Waals surface area contributed by atoms with Crippen LogP contribution in [0.1, 0.15) is 46.5 Å². The fourth-order valence-corrected chi connectivity index (χ4v) is 3.86. The van der Waals surface area contributed by atoms with Crippen molar-refractivity contribution in [1.82, 2.24) is 4.90 Å². The fourth-order valence-electron chi connectivity index (χ4n) is 3.86. The van der Waals surface area contributed by atoms with Gasteiger partial charge in [0.25, 0.3) is 1.43 Å². The summed E-state index contributed by atoms with van der Waals surface area (Å²) >= 11 is 0. The van der Waals surface area contributed by atoms with E-state index in [9.17, 15) is 9.59 Å². The van der Waals surface area contributed by atoms with E-state index in [-0.39, 0.29) is 37.5 Å². The number of Topliss-reactive ketones (excluding diaryl/α,β-unsaturated/α-hetero) is 1. The third-order valence-electron chi connectivity index (χ3n) is 5.33. The van der Waals surface area contributed by atoms with E-state index in [2.05, 4.69) is 17.2 Å². The summed E-state index contributed by atoms with van der Waals surface area (Å²) in [4.78, 5) is 25.1. The Hall–Kier alpha value is -2.66. The largest absolute Gasteiger partial charge is 0.497 e. The summed E-state index contributed by atoms with van der Waals surface area (Å²) in [5, 5.41) is 3.89. The predicted molar refractivity (Wildman–Crippen MR) is 124 cm³/mol. The fraction of sp³-hybridized carbons (Fsp3) is 0.462. The van der Waals surface area contributed by atoms with E-state index >= 15 is 0 Å². The summed E-state index contributed by atoms with van der Waals surface area (Å²) < 4.78 is 35.0. The number of ether oxygens (including phenoxy) is 1. The molecular formula is C26H35NO4. The molecule has 1 unspecified atom stereocenters. The standard InChI is InChI=1S/C26H35NO4/c1-27(2)19-21(17-24(28)11-7-13-26(29)30)16-23-10-5-4-9-22(23)15-14-20-8-6-12-25(18-20)31-3/h4-6,8-10,12,18,21H,7,11,13-17,19H2,1-3H3,(H,29,30)/i1D3/hD. The number of carbonyl (C=O) groups excluding carboxylic acids is 1. The number of hydrogen-bond acceptors (Lipinski definition) is 5. The minimum Gasteiger partial charge on any atom is -0.497 e. The first-order valence-corrected chi connectivity index (χ1v) is 10.7. The first kappa shape index (κ1) is 19.1. The van der Waals surface area contributed by atoms with Gasteiger partial charge in [-0.15, -0.1) is 0 Å². The lowest BCUT2D eigenvalue weighted by Gasteiger charge is -2.22. The van der Waals surface area contributed by atoms with Crippen LogP contribution in [0.3, 0.4) is 0 Å². The maximum absolute atomic E-state index is 12.6. The van der Waals surface area contributed by atoms with Gasteiger partial charge in [-0.25, -0.2) is 0 Å². The number of carboxylic acid groups (broad SMARTS) is 1. The van der Waals surface area contributed by atoms with E-state index in [1.165, 1.54) is 16.0 Å². The molecule has 31 heavy (non-hydrogen) atoms. The molecule has 0 fully saturated rings. The van der Waals surface area contributed by atoms with Gasteiger partial charge in [0.15, 0.2) is 0 Å². The number of benzene rings is 2. The van der Waals surface area contributed by atoms with Crippen LogP contribution >= 0.6 is 0 Å². The number of nitrogens with zero attached hydrogens (tertiary/aromatic N) is 1. The number of ketones is 1. The third kappa shape index (κ3) is 9.35. The average molecular weight is 430 g/mol. The first-order valence-electron chi connectivity index (χ1n) is 12.6. The molecule has 0 aliphatic rings. The Morgan fingerprint density at radius 3 is 2.68 bits per heavy atom. The van der Waals surface area contributed by atoms with Gasteiger partial charge < -0.3 is 14.7 Å². The van der Waals surface area contributed by atoms with E-state index in [0.717, 1.165) is 24.2 Å². The van der Waals surface area contributed by atoms with Crippen molar-refractivity contribution in [3.63, 3.8) is 0 Å². The number of methoxy groups -OCH3 is 1. The highest BCUT2D eigenvalue weighted by atomic mass is 16.5. The zero-order valence-electron chi connectivity index (χ0n) is 22.4. The van der Waals surface area contributed by atoms with Gasteiger partial charge >= 0.3 is 5.97 Å². The Labute approximate surface area is 191 Å². The topological polar surface area (TPSA) is 66.8 Å². The first-order chi connectivity index (χ1) is 16.6. The molecule has 2 rings (SSSR count). The maximum atomic E-state index is 12.6. The second-order valence-corrected chi connectivity index (χ2v) is 8.04. The van der Waals surface area contributed by atoms with E-state index < -0.39 is 12.9 Å². The van der Waals surface area contributed by atoms with Gasteiger partial charge in [-0.05, 0) is 74.4 Å². The number of aliphatic carboxylic acids is 1. The minimum atomic E-state index is -2.24. The molecule has 5 heteroatoms. The SMILES string of the molecule is [2H]OC(=O)CCCC(=O)CC(Cc1ccccc1CCc1cccc(OC)c1)CN(C)C([2H])([2H])[2H]. The van der Waals surface area contributed by atoms with Crippen LogP contribution in [0, 0.1) is 5.92 Å². The molecule has 2 aromatic carbocycles. The molecule has 0 aliphatic carbocycles. The van der Waals surface area contributed by atoms with Crippen LogP contribution in [0.15, 0.2) is 48.5 Å². The van der Waals surface area contributed by atoms with Gasteiger partial charge in [0.1, 0.15) is 11.5 Å². The molecule has 0 saturated carbocycles. The Morgan fingerprint density at radius 2 is 1.94 bits per heavy atom. The Kier molecular flexibility index (Phi) is 7.93. The highest BCUT2D eigenvalue weighted by Gasteiger charge is 2.17. The summed E-state index contributed by atoms with van der Waals surface area (Å²) in [7, 11) is 3.19. The molecule has 0 radical (unpaired) electrons. The van der Waals surface area contributed by atoms with Gasteiger partial charge in [0, 0.05) is 29.9 Å². The smallest absolute Gasteiger partial charge is 0.303 e. The Morgan fingerprint density at radius 1 is 1.13 bits per heavy atom. The van der Waals surface area contributed by atoms with Crippen LogP contribution in [-0.2, 0) is 28.9 Å². The number of hydrogen-bond donors (Lipinski definition) is 1. The molecule has 0 heterocycles. The van der Waals surface area contributed by atoms with Crippen LogP contribution in [0.25, 0.3) is 1.43 Å². The molecule has 2 aromatic rings. The van der Waals surface area contributed by atoms with Crippen molar-refractivity contribution in [2.24, 2.45) is 5.92 Å². The van der Waals surface area contributed by atoms with Crippen LogP contribution < -0.4 is 4.74 Å². The lowest BCUT2D eigenvalue weighted by atomic mass is 9.89. The van der Waals surface area contributed by atoms with Crippen molar-refractivity contribution >= 4 is 11.8 Å². The van der Waals surface area contributed by atoms with Gasteiger partial charge in [0.2, 0.25) is 0 Å². The molecule has 1 N–H and O–H groups in total. The van der Waals surface area contributed by atoms with Gasteiger partial charge in [0.05, 0.1) is 7.11 Å². The maximum Gasteiger partial charge on any atom is 0.303 e. The Bertz CT molecular complexity index is 964. The Balaban J connectivity index is 2.11. The summed E-state index contributed by atoms with van der Waals surface area (Å²) in [5.41, 5.74) is 3.44. The van der Waals surface area contributed by atoms with Crippen molar-refractivity contribution in [3.8, 4) is 5.75 Å². The lowest BCUT2D eigenvalue weighted by molar-refractivity contribution is -0.137. The minimum absolute atomic E-state index is 0.0161. The zero-order chi connectivity index (χ0) is 25.8.